The van der Waals surface area contributed by atoms with Gasteiger partial charge in [0.05, 0.1) is 26.7 Å². The van der Waals surface area contributed by atoms with Crippen LogP contribution < -0.4 is 10.2 Å². The van der Waals surface area contributed by atoms with Crippen molar-refractivity contribution in [3.8, 4) is 5.75 Å². The number of halogens is 5. The van der Waals surface area contributed by atoms with Gasteiger partial charge in [0.25, 0.3) is 11.6 Å². The molecule has 0 radical (unpaired) electrons. The normalized spacial score (nSPS) is 11.4. The molecule has 12 heteroatoms. The number of nitrogens with zero attached hydrogens (tertiary/aromatic N) is 2. The van der Waals surface area contributed by atoms with Gasteiger partial charge in [0, 0.05) is 17.7 Å². The minimum Gasteiger partial charge on any atom is -0.486 e. The van der Waals surface area contributed by atoms with Crippen LogP contribution >= 0.6 is 23.2 Å². The number of alkyl halides is 3. The lowest BCUT2D eigenvalue weighted by atomic mass is 10.1. The van der Waals surface area contributed by atoms with Gasteiger partial charge in [0.15, 0.2) is 5.75 Å². The second-order valence-electron chi connectivity index (χ2n) is 6.80. The Bertz CT molecular complexity index is 1230. The molecule has 0 saturated carbocycles. The second kappa shape index (κ2) is 10.5. The molecule has 3 rings (SSSR count). The molecule has 34 heavy (non-hydrogen) atoms. The van der Waals surface area contributed by atoms with Gasteiger partial charge in [-0.1, -0.05) is 29.3 Å². The molecule has 1 amide bonds. The number of carbonyl (C=O) groups excluding carboxylic acids is 1. The summed E-state index contributed by atoms with van der Waals surface area (Å²) in [7, 11) is 0. The molecule has 0 aliphatic heterocycles. The minimum absolute atomic E-state index is 0.0522. The Morgan fingerprint density at radius 1 is 1.09 bits per heavy atom. The number of non-ortho nitro benzene ring substituents is 1. The molecule has 0 unspecified atom stereocenters. The van der Waals surface area contributed by atoms with Crippen molar-refractivity contribution in [3.63, 3.8) is 0 Å². The molecule has 0 heterocycles. The van der Waals surface area contributed by atoms with Crippen molar-refractivity contribution in [2.45, 2.75) is 12.8 Å². The summed E-state index contributed by atoms with van der Waals surface area (Å²) in [4.78, 5) is 22.3. The molecular weight excluding hydrogens is 498 g/mol. The molecule has 0 aromatic heterocycles. The van der Waals surface area contributed by atoms with Crippen LogP contribution in [0.2, 0.25) is 10.0 Å². The zero-order valence-corrected chi connectivity index (χ0v) is 18.5. The largest absolute Gasteiger partial charge is 0.486 e. The summed E-state index contributed by atoms with van der Waals surface area (Å²) in [6.07, 6.45) is -3.36. The SMILES string of the molecule is O=C(N/N=C/c1cc(Cl)c(OCc2ccc([N+](=O)[O-])cc2)c(Cl)c1)c1cccc(C(F)(F)F)c1. The van der Waals surface area contributed by atoms with Gasteiger partial charge in [-0.15, -0.1) is 0 Å². The molecule has 0 aliphatic carbocycles. The fraction of sp³-hybridized carbons (Fsp3) is 0.0909. The lowest BCUT2D eigenvalue weighted by Gasteiger charge is -2.11. The van der Waals surface area contributed by atoms with Crippen molar-refractivity contribution in [2.75, 3.05) is 0 Å². The van der Waals surface area contributed by atoms with Crippen molar-refractivity contribution in [2.24, 2.45) is 5.10 Å². The van der Waals surface area contributed by atoms with Crippen LogP contribution in [0.25, 0.3) is 0 Å². The Kier molecular flexibility index (Phi) is 7.75. The van der Waals surface area contributed by atoms with Crippen LogP contribution in [0.1, 0.15) is 27.0 Å². The fourth-order valence-corrected chi connectivity index (χ4v) is 3.34. The number of rotatable bonds is 7. The van der Waals surface area contributed by atoms with Crippen LogP contribution in [-0.2, 0) is 12.8 Å². The molecule has 0 bridgehead atoms. The van der Waals surface area contributed by atoms with Gasteiger partial charge in [0.2, 0.25) is 0 Å². The van der Waals surface area contributed by atoms with Crippen LogP contribution in [-0.4, -0.2) is 17.0 Å². The number of nitro groups is 1. The van der Waals surface area contributed by atoms with Gasteiger partial charge < -0.3 is 4.74 Å². The van der Waals surface area contributed by atoms with E-state index < -0.39 is 22.6 Å². The quantitative estimate of drug-likeness (QED) is 0.230. The molecule has 0 fully saturated rings. The van der Waals surface area contributed by atoms with Crippen molar-refractivity contribution in [1.29, 1.82) is 0 Å². The summed E-state index contributed by atoms with van der Waals surface area (Å²) >= 11 is 12.4. The standard InChI is InChI=1S/C22H14Cl2F3N3O4/c23-18-8-14(11-28-29-21(31)15-2-1-3-16(10-15)22(25,26)27)9-19(24)20(18)34-12-13-4-6-17(7-5-13)30(32)33/h1-11H,12H2,(H,29,31)/b28-11+. The molecule has 3 aromatic rings. The van der Waals surface area contributed by atoms with Crippen molar-refractivity contribution in [1.82, 2.24) is 5.43 Å². The molecule has 176 valence electrons. The third kappa shape index (κ3) is 6.46. The summed E-state index contributed by atoms with van der Waals surface area (Å²) in [5.41, 5.74) is 1.97. The molecule has 0 aliphatic rings. The van der Waals surface area contributed by atoms with Gasteiger partial charge in [-0.05, 0) is 53.6 Å². The first-order chi connectivity index (χ1) is 16.0. The molecule has 0 atom stereocenters. The molecule has 0 spiro atoms. The van der Waals surface area contributed by atoms with Crippen LogP contribution in [0.4, 0.5) is 18.9 Å². The highest BCUT2D eigenvalue weighted by Crippen LogP contribution is 2.34. The number of ether oxygens (including phenoxy) is 1. The van der Waals surface area contributed by atoms with Crippen LogP contribution in [0.15, 0.2) is 65.8 Å². The Labute approximate surface area is 200 Å². The zero-order valence-electron chi connectivity index (χ0n) is 17.0. The van der Waals surface area contributed by atoms with Crippen LogP contribution in [0, 0.1) is 10.1 Å². The van der Waals surface area contributed by atoms with E-state index in [0.717, 1.165) is 18.2 Å². The van der Waals surface area contributed by atoms with Gasteiger partial charge in [-0.25, -0.2) is 5.43 Å². The van der Waals surface area contributed by atoms with Gasteiger partial charge in [0.1, 0.15) is 6.61 Å². The Hall–Kier alpha value is -3.63. The topological polar surface area (TPSA) is 93.8 Å². The molecule has 1 N–H and O–H groups in total. The third-order valence-corrected chi connectivity index (χ3v) is 4.94. The summed E-state index contributed by atoms with van der Waals surface area (Å²) in [6.45, 7) is 0.0535. The van der Waals surface area contributed by atoms with E-state index in [1.165, 1.54) is 48.7 Å². The Morgan fingerprint density at radius 2 is 1.74 bits per heavy atom. The highest BCUT2D eigenvalue weighted by Gasteiger charge is 2.30. The number of hydrogen-bond acceptors (Lipinski definition) is 5. The molecule has 0 saturated heterocycles. The average Bonchev–Trinajstić information content (AvgIpc) is 2.78. The van der Waals surface area contributed by atoms with E-state index in [9.17, 15) is 28.1 Å². The van der Waals surface area contributed by atoms with E-state index in [0.29, 0.717) is 11.1 Å². The lowest BCUT2D eigenvalue weighted by Crippen LogP contribution is -2.18. The maximum absolute atomic E-state index is 12.8. The van der Waals surface area contributed by atoms with E-state index in [2.05, 4.69) is 10.5 Å². The molecular formula is C22H14Cl2F3N3O4. The van der Waals surface area contributed by atoms with Gasteiger partial charge in [-0.3, -0.25) is 14.9 Å². The van der Waals surface area contributed by atoms with Gasteiger partial charge >= 0.3 is 6.18 Å². The summed E-state index contributed by atoms with van der Waals surface area (Å²) in [5, 5.41) is 14.7. The number of amides is 1. The average molecular weight is 512 g/mol. The lowest BCUT2D eigenvalue weighted by molar-refractivity contribution is -0.384. The predicted octanol–water partition coefficient (Wildman–Crippen LogP) is 6.26. The second-order valence-corrected chi connectivity index (χ2v) is 7.62. The summed E-state index contributed by atoms with van der Waals surface area (Å²) < 4.78 is 44.0. The van der Waals surface area contributed by atoms with Gasteiger partial charge in [-0.2, -0.15) is 18.3 Å². The number of nitro benzene ring substituents is 1. The molecule has 7 nitrogen and oxygen atoms in total. The van der Waals surface area contributed by atoms with E-state index in [4.69, 9.17) is 27.9 Å². The van der Waals surface area contributed by atoms with E-state index in [1.54, 1.807) is 0 Å². The number of hydrazone groups is 1. The summed E-state index contributed by atoms with van der Waals surface area (Å²) in [5.74, 6) is -0.658. The Morgan fingerprint density at radius 3 is 2.32 bits per heavy atom. The molecule has 3 aromatic carbocycles. The fourth-order valence-electron chi connectivity index (χ4n) is 2.73. The first-order valence-corrected chi connectivity index (χ1v) is 10.2. The third-order valence-electron chi connectivity index (χ3n) is 4.38. The minimum atomic E-state index is -4.57. The van der Waals surface area contributed by atoms with Crippen molar-refractivity contribution >= 4 is 41.0 Å². The van der Waals surface area contributed by atoms with Crippen LogP contribution in [0.3, 0.4) is 0 Å². The van der Waals surface area contributed by atoms with E-state index >= 15 is 0 Å². The zero-order chi connectivity index (χ0) is 24.9. The van der Waals surface area contributed by atoms with E-state index in [1.807, 2.05) is 0 Å². The summed E-state index contributed by atoms with van der Waals surface area (Å²) in [6, 6.07) is 12.6. The number of benzene rings is 3. The van der Waals surface area contributed by atoms with E-state index in [-0.39, 0.29) is 33.7 Å². The number of hydrogen-bond donors (Lipinski definition) is 1. The maximum Gasteiger partial charge on any atom is 0.416 e. The predicted molar refractivity (Wildman–Crippen MR) is 120 cm³/mol. The Balaban J connectivity index is 1.64. The van der Waals surface area contributed by atoms with Crippen molar-refractivity contribution < 1.29 is 27.6 Å². The number of nitrogens with one attached hydrogen (secondary N) is 1. The monoisotopic (exact) mass is 511 g/mol. The highest BCUT2D eigenvalue weighted by atomic mass is 35.5. The first kappa shape index (κ1) is 25.0. The van der Waals surface area contributed by atoms with Crippen molar-refractivity contribution in [3.05, 3.63) is 103 Å². The first-order valence-electron chi connectivity index (χ1n) is 9.40. The smallest absolute Gasteiger partial charge is 0.416 e. The highest BCUT2D eigenvalue weighted by molar-refractivity contribution is 6.37. The number of carbonyl (C=O) groups is 1. The maximum atomic E-state index is 12.8. The van der Waals surface area contributed by atoms with Crippen LogP contribution in [0.5, 0.6) is 5.75 Å².